The summed E-state index contributed by atoms with van der Waals surface area (Å²) in [6, 6.07) is 65.0. The van der Waals surface area contributed by atoms with Crippen LogP contribution in [0.25, 0.3) is 113 Å². The zero-order valence-corrected chi connectivity index (χ0v) is 32.1. The number of fused-ring (bicyclic) bond motifs is 9. The largest absolute Gasteiger partial charge is 0.309 e. The van der Waals surface area contributed by atoms with E-state index >= 15 is 0 Å². The summed E-state index contributed by atoms with van der Waals surface area (Å²) < 4.78 is 7.31. The third-order valence-corrected chi connectivity index (χ3v) is 13.4. The summed E-state index contributed by atoms with van der Waals surface area (Å²) in [5.41, 5.74) is 8.92. The SMILES string of the molecule is c1ccc(-c2nc(-c3ccc4sc5cc(-c6ccc7c8ccccc8n(-c8ccccc8)c7c6)ccc5c4c3)nc(-c3cccc4c3sc3ccccc34)n2)cc1. The molecule has 4 nitrogen and oxygen atoms in total. The van der Waals surface area contributed by atoms with Gasteiger partial charge < -0.3 is 4.57 Å². The Hall–Kier alpha value is -6.99. The van der Waals surface area contributed by atoms with Crippen molar-refractivity contribution >= 4 is 84.8 Å². The molecule has 0 aliphatic carbocycles. The lowest BCUT2D eigenvalue weighted by Crippen LogP contribution is -2.00. The second-order valence-corrected chi connectivity index (χ2v) is 16.5. The monoisotopic (exact) mass is 762 g/mol. The highest BCUT2D eigenvalue weighted by Gasteiger charge is 2.18. The molecule has 0 amide bonds. The maximum absolute atomic E-state index is 5.20. The molecule has 0 fully saturated rings. The number of para-hydroxylation sites is 2. The van der Waals surface area contributed by atoms with Crippen LogP contribution < -0.4 is 0 Å². The van der Waals surface area contributed by atoms with E-state index < -0.39 is 0 Å². The fourth-order valence-electron chi connectivity index (χ4n) is 8.37. The van der Waals surface area contributed by atoms with Gasteiger partial charge in [-0.1, -0.05) is 121 Å². The van der Waals surface area contributed by atoms with Gasteiger partial charge >= 0.3 is 0 Å². The molecular weight excluding hydrogens is 733 g/mol. The van der Waals surface area contributed by atoms with E-state index in [1.165, 1.54) is 73.3 Å². The van der Waals surface area contributed by atoms with Crippen LogP contribution in [-0.4, -0.2) is 19.5 Å². The summed E-state index contributed by atoms with van der Waals surface area (Å²) in [5.74, 6) is 2.01. The van der Waals surface area contributed by atoms with Crippen LogP contribution in [0.1, 0.15) is 0 Å². The van der Waals surface area contributed by atoms with Crippen LogP contribution in [0, 0.1) is 0 Å². The van der Waals surface area contributed by atoms with E-state index in [0.29, 0.717) is 17.5 Å². The van der Waals surface area contributed by atoms with E-state index in [4.69, 9.17) is 15.0 Å². The first-order chi connectivity index (χ1) is 28.2. The van der Waals surface area contributed by atoms with Gasteiger partial charge in [-0.15, -0.1) is 22.7 Å². The molecule has 0 unspecified atom stereocenters. The van der Waals surface area contributed by atoms with E-state index in [0.717, 1.165) is 22.4 Å². The molecule has 4 heterocycles. The molecule has 0 atom stereocenters. The molecule has 12 rings (SSSR count). The van der Waals surface area contributed by atoms with Crippen LogP contribution in [0.15, 0.2) is 182 Å². The van der Waals surface area contributed by atoms with Gasteiger partial charge in [-0.25, -0.2) is 15.0 Å². The first kappa shape index (κ1) is 32.3. The molecule has 8 aromatic carbocycles. The van der Waals surface area contributed by atoms with Gasteiger partial charge in [-0.3, -0.25) is 0 Å². The van der Waals surface area contributed by atoms with Gasteiger partial charge in [0.15, 0.2) is 17.5 Å². The van der Waals surface area contributed by atoms with Crippen molar-refractivity contribution in [2.24, 2.45) is 0 Å². The Morgan fingerprint density at radius 1 is 0.333 bits per heavy atom. The van der Waals surface area contributed by atoms with Crippen LogP contribution in [0.3, 0.4) is 0 Å². The predicted octanol–water partition coefficient (Wildman–Crippen LogP) is 14.4. The highest BCUT2D eigenvalue weighted by Crippen LogP contribution is 2.42. The Morgan fingerprint density at radius 3 is 1.81 bits per heavy atom. The number of rotatable bonds is 5. The lowest BCUT2D eigenvalue weighted by molar-refractivity contribution is 1.08. The topological polar surface area (TPSA) is 43.6 Å². The zero-order valence-electron chi connectivity index (χ0n) is 30.4. The van der Waals surface area contributed by atoms with Crippen molar-refractivity contribution in [1.82, 2.24) is 19.5 Å². The van der Waals surface area contributed by atoms with E-state index in [1.807, 2.05) is 29.5 Å². The molecule has 4 aromatic heterocycles. The Morgan fingerprint density at radius 2 is 0.947 bits per heavy atom. The molecule has 0 saturated carbocycles. The van der Waals surface area contributed by atoms with Gasteiger partial charge in [0, 0.05) is 73.5 Å². The van der Waals surface area contributed by atoms with Crippen molar-refractivity contribution in [3.63, 3.8) is 0 Å². The molecule has 0 bridgehead atoms. The standard InChI is InChI=1S/C51H30N4S2/c1-3-12-31(13-4-1)49-52-50(54-51(53-49)41-19-11-18-40-38-17-8-10-21-45(38)57-48(40)41)34-24-27-46-42(28-34)39-26-23-33(30-47(39)56-46)32-22-25-37-36-16-7-9-20-43(36)55(44(37)29-32)35-14-5-2-6-15-35/h1-30H. The summed E-state index contributed by atoms with van der Waals surface area (Å²) in [6.45, 7) is 0. The minimum absolute atomic E-state index is 0.664. The second kappa shape index (κ2) is 12.8. The molecule has 0 spiro atoms. The Balaban J connectivity index is 0.985. The smallest absolute Gasteiger partial charge is 0.165 e. The quantitative estimate of drug-likeness (QED) is 0.175. The first-order valence-electron chi connectivity index (χ1n) is 19.0. The van der Waals surface area contributed by atoms with Gasteiger partial charge in [-0.05, 0) is 71.8 Å². The molecule has 0 saturated heterocycles. The predicted molar refractivity (Wildman–Crippen MR) is 242 cm³/mol. The van der Waals surface area contributed by atoms with Gasteiger partial charge in [0.2, 0.25) is 0 Å². The van der Waals surface area contributed by atoms with E-state index in [-0.39, 0.29) is 0 Å². The fraction of sp³-hybridized carbons (Fsp3) is 0. The summed E-state index contributed by atoms with van der Waals surface area (Å²) in [7, 11) is 0. The highest BCUT2D eigenvalue weighted by molar-refractivity contribution is 7.26. The van der Waals surface area contributed by atoms with Crippen LogP contribution >= 0.6 is 22.7 Å². The van der Waals surface area contributed by atoms with Crippen molar-refractivity contribution in [3.8, 4) is 51.0 Å². The van der Waals surface area contributed by atoms with Crippen molar-refractivity contribution in [2.75, 3.05) is 0 Å². The maximum atomic E-state index is 5.20. The summed E-state index contributed by atoms with van der Waals surface area (Å²) in [6.07, 6.45) is 0. The molecule has 0 N–H and O–H groups in total. The number of hydrogen-bond donors (Lipinski definition) is 0. The van der Waals surface area contributed by atoms with Crippen molar-refractivity contribution in [2.45, 2.75) is 0 Å². The first-order valence-corrected chi connectivity index (χ1v) is 20.6. The van der Waals surface area contributed by atoms with Gasteiger partial charge in [-0.2, -0.15) is 0 Å². The Kier molecular flexibility index (Phi) is 7.24. The highest BCUT2D eigenvalue weighted by atomic mass is 32.1. The maximum Gasteiger partial charge on any atom is 0.165 e. The number of aromatic nitrogens is 4. The minimum Gasteiger partial charge on any atom is -0.309 e. The summed E-state index contributed by atoms with van der Waals surface area (Å²) in [5, 5.41) is 7.43. The molecular formula is C51H30N4S2. The molecule has 57 heavy (non-hydrogen) atoms. The lowest BCUT2D eigenvalue weighted by atomic mass is 10.0. The number of benzene rings is 8. The number of hydrogen-bond acceptors (Lipinski definition) is 5. The third kappa shape index (κ3) is 5.22. The van der Waals surface area contributed by atoms with E-state index in [9.17, 15) is 0 Å². The molecule has 0 aliphatic rings. The van der Waals surface area contributed by atoms with Gasteiger partial charge in [0.1, 0.15) is 0 Å². The van der Waals surface area contributed by atoms with Gasteiger partial charge in [0.05, 0.1) is 11.0 Å². The second-order valence-electron chi connectivity index (χ2n) is 14.4. The Labute approximate surface area is 335 Å². The molecule has 0 radical (unpaired) electrons. The number of nitrogens with zero attached hydrogens (tertiary/aromatic N) is 4. The van der Waals surface area contributed by atoms with Crippen molar-refractivity contribution in [1.29, 1.82) is 0 Å². The van der Waals surface area contributed by atoms with Crippen LogP contribution in [0.4, 0.5) is 0 Å². The lowest BCUT2D eigenvalue weighted by Gasteiger charge is -2.09. The van der Waals surface area contributed by atoms with Crippen LogP contribution in [-0.2, 0) is 0 Å². The zero-order chi connectivity index (χ0) is 37.5. The average molecular weight is 763 g/mol. The van der Waals surface area contributed by atoms with Crippen molar-refractivity contribution < 1.29 is 0 Å². The Bertz CT molecular complexity index is 3530. The van der Waals surface area contributed by atoms with E-state index in [2.05, 4.69) is 168 Å². The molecule has 266 valence electrons. The fourth-order valence-corrected chi connectivity index (χ4v) is 10.7. The van der Waals surface area contributed by atoms with Crippen LogP contribution in [0.2, 0.25) is 0 Å². The minimum atomic E-state index is 0.664. The molecule has 0 aliphatic heterocycles. The van der Waals surface area contributed by atoms with Gasteiger partial charge in [0.25, 0.3) is 0 Å². The normalized spacial score (nSPS) is 11.9. The van der Waals surface area contributed by atoms with E-state index in [1.54, 1.807) is 11.3 Å². The molecule has 6 heteroatoms. The number of thiophene rings is 2. The third-order valence-electron chi connectivity index (χ3n) is 11.1. The molecule has 12 aromatic rings. The summed E-state index contributed by atoms with van der Waals surface area (Å²) >= 11 is 3.62. The van der Waals surface area contributed by atoms with Crippen molar-refractivity contribution in [3.05, 3.63) is 182 Å². The van der Waals surface area contributed by atoms with Crippen LogP contribution in [0.5, 0.6) is 0 Å². The summed E-state index contributed by atoms with van der Waals surface area (Å²) in [4.78, 5) is 15.4. The average Bonchev–Trinajstić information content (AvgIpc) is 3.95.